The topological polar surface area (TPSA) is 84.6 Å². The van der Waals surface area contributed by atoms with E-state index in [4.69, 9.17) is 0 Å². The minimum atomic E-state index is -0.230. The van der Waals surface area contributed by atoms with Crippen molar-refractivity contribution >= 4 is 35.9 Å². The van der Waals surface area contributed by atoms with E-state index in [0.717, 1.165) is 21.6 Å². The second-order valence-corrected chi connectivity index (χ2v) is 7.80. The Balaban J connectivity index is 1.36. The van der Waals surface area contributed by atoms with Crippen molar-refractivity contribution in [3.63, 3.8) is 0 Å². The van der Waals surface area contributed by atoms with E-state index in [2.05, 4.69) is 20.2 Å². The fourth-order valence-corrected chi connectivity index (χ4v) is 4.35. The first-order valence-electron chi connectivity index (χ1n) is 10.4. The number of carbonyl (C=O) groups excluding carboxylic acids is 2. The number of hydrogen-bond acceptors (Lipinski definition) is 6. The Kier molecular flexibility index (Phi) is 4.11. The maximum absolute atomic E-state index is 13.2. The summed E-state index contributed by atoms with van der Waals surface area (Å²) in [6.45, 7) is 0. The highest BCUT2D eigenvalue weighted by Crippen LogP contribution is 2.19. The summed E-state index contributed by atoms with van der Waals surface area (Å²) >= 11 is 0. The van der Waals surface area contributed by atoms with Crippen molar-refractivity contribution in [3.05, 3.63) is 104 Å². The van der Waals surface area contributed by atoms with E-state index in [1.807, 2.05) is 36.5 Å². The Labute approximate surface area is 182 Å². The molecule has 0 aromatic carbocycles. The van der Waals surface area contributed by atoms with Gasteiger partial charge in [0.1, 0.15) is 11.4 Å². The summed E-state index contributed by atoms with van der Waals surface area (Å²) in [4.78, 5) is 35.2. The second-order valence-electron chi connectivity index (χ2n) is 7.80. The van der Waals surface area contributed by atoms with Crippen LogP contribution in [0.25, 0.3) is 24.3 Å². The molecule has 0 unspecified atom stereocenters. The minimum absolute atomic E-state index is 0.186. The van der Waals surface area contributed by atoms with E-state index >= 15 is 0 Å². The van der Waals surface area contributed by atoms with Crippen LogP contribution in [0.15, 0.2) is 70.5 Å². The zero-order valence-corrected chi connectivity index (χ0v) is 16.9. The number of hydrogen-bond donors (Lipinski definition) is 0. The van der Waals surface area contributed by atoms with Crippen molar-refractivity contribution in [2.75, 3.05) is 0 Å². The van der Waals surface area contributed by atoms with Gasteiger partial charge in [0, 0.05) is 12.4 Å². The Bertz CT molecular complexity index is 1530. The molecule has 0 saturated carbocycles. The molecule has 6 rings (SSSR count). The van der Waals surface area contributed by atoms with Gasteiger partial charge >= 0.3 is 0 Å². The summed E-state index contributed by atoms with van der Waals surface area (Å²) in [5.41, 5.74) is 3.37. The van der Waals surface area contributed by atoms with Crippen molar-refractivity contribution in [1.29, 1.82) is 0 Å². The van der Waals surface area contributed by atoms with Crippen LogP contribution < -0.4 is 21.1 Å². The molecule has 152 valence electrons. The fourth-order valence-electron chi connectivity index (χ4n) is 4.35. The summed E-state index contributed by atoms with van der Waals surface area (Å²) in [5, 5.41) is 11.5. The van der Waals surface area contributed by atoms with Crippen molar-refractivity contribution in [1.82, 2.24) is 9.97 Å². The highest BCUT2D eigenvalue weighted by atomic mass is 16.1. The van der Waals surface area contributed by atoms with E-state index in [9.17, 15) is 9.59 Å². The summed E-state index contributed by atoms with van der Waals surface area (Å²) in [5.74, 6) is -0.461. The number of ketones is 2. The third-order valence-electron chi connectivity index (χ3n) is 5.95. The number of nitrogens with zero attached hydrogens (tertiary/aromatic N) is 4. The number of pyridine rings is 2. The predicted molar refractivity (Wildman–Crippen MR) is 120 cm³/mol. The van der Waals surface area contributed by atoms with Crippen LogP contribution in [-0.2, 0) is 12.8 Å². The molecule has 0 saturated heterocycles. The van der Waals surface area contributed by atoms with Gasteiger partial charge < -0.3 is 0 Å². The lowest BCUT2D eigenvalue weighted by Gasteiger charge is -2.14. The predicted octanol–water partition coefficient (Wildman–Crippen LogP) is 1.14. The SMILES string of the molecule is O=C1C(N=NC2=CC=c3ncc4c(c3C2=O)CC=CC=4)=CC=c2ncc3c(c21)CC=CC=3. The van der Waals surface area contributed by atoms with E-state index < -0.39 is 0 Å². The number of Topliss-reactive ketones (excluding diaryl/α,β-unsaturated/α-hetero) is 2. The van der Waals surface area contributed by atoms with Crippen molar-refractivity contribution in [2.24, 2.45) is 10.2 Å². The average molecular weight is 416 g/mol. The molecular formula is C26H16N4O2. The molecule has 2 aromatic heterocycles. The maximum atomic E-state index is 13.2. The van der Waals surface area contributed by atoms with Crippen molar-refractivity contribution in [2.45, 2.75) is 12.8 Å². The summed E-state index contributed by atoms with van der Waals surface area (Å²) in [6, 6.07) is 0. The number of allylic oxidation sites excluding steroid dienone is 8. The third-order valence-corrected chi connectivity index (χ3v) is 5.95. The molecule has 0 fully saturated rings. The van der Waals surface area contributed by atoms with Crippen molar-refractivity contribution < 1.29 is 9.59 Å². The molecule has 0 bridgehead atoms. The van der Waals surface area contributed by atoms with Crippen LogP contribution >= 0.6 is 0 Å². The highest BCUT2D eigenvalue weighted by Gasteiger charge is 2.24. The van der Waals surface area contributed by atoms with Gasteiger partial charge in [0.15, 0.2) is 0 Å². The Morgan fingerprint density at radius 3 is 1.56 bits per heavy atom. The molecule has 0 amide bonds. The zero-order chi connectivity index (χ0) is 21.7. The first kappa shape index (κ1) is 18.4. The van der Waals surface area contributed by atoms with Crippen molar-refractivity contribution in [3.8, 4) is 0 Å². The smallest absolute Gasteiger partial charge is 0.215 e. The van der Waals surface area contributed by atoms with Crippen LogP contribution in [0.1, 0.15) is 31.8 Å². The lowest BCUT2D eigenvalue weighted by molar-refractivity contribution is 0.101. The van der Waals surface area contributed by atoms with Crippen LogP contribution in [0.2, 0.25) is 0 Å². The molecule has 6 nitrogen and oxygen atoms in total. The average Bonchev–Trinajstić information content (AvgIpc) is 2.84. The van der Waals surface area contributed by atoms with Gasteiger partial charge in [-0.3, -0.25) is 19.6 Å². The van der Waals surface area contributed by atoms with Gasteiger partial charge in [-0.15, -0.1) is 10.2 Å². The molecule has 0 N–H and O–H groups in total. The van der Waals surface area contributed by atoms with Gasteiger partial charge in [-0.05, 0) is 58.7 Å². The number of fused-ring (bicyclic) bond motifs is 6. The van der Waals surface area contributed by atoms with Gasteiger partial charge in [0.25, 0.3) is 0 Å². The van der Waals surface area contributed by atoms with Crippen LogP contribution in [0.5, 0.6) is 0 Å². The zero-order valence-electron chi connectivity index (χ0n) is 16.9. The van der Waals surface area contributed by atoms with Crippen LogP contribution in [0.3, 0.4) is 0 Å². The lowest BCUT2D eigenvalue weighted by Crippen LogP contribution is -2.31. The highest BCUT2D eigenvalue weighted by molar-refractivity contribution is 6.12. The summed E-state index contributed by atoms with van der Waals surface area (Å²) in [6.07, 6.45) is 23.5. The molecule has 0 spiro atoms. The molecule has 2 heterocycles. The number of carbonyl (C=O) groups is 2. The van der Waals surface area contributed by atoms with Crippen LogP contribution in [0.4, 0.5) is 0 Å². The second kappa shape index (κ2) is 7.13. The Hall–Kier alpha value is -4.32. The largest absolute Gasteiger partial charge is 0.287 e. The first-order valence-corrected chi connectivity index (χ1v) is 10.4. The lowest BCUT2D eigenvalue weighted by atomic mass is 9.93. The molecule has 32 heavy (non-hydrogen) atoms. The first-order chi connectivity index (χ1) is 15.7. The quantitative estimate of drug-likeness (QED) is 0.688. The molecular weight excluding hydrogens is 400 g/mol. The van der Waals surface area contributed by atoms with Crippen LogP contribution in [0, 0.1) is 0 Å². The van der Waals surface area contributed by atoms with Gasteiger partial charge in [-0.25, -0.2) is 0 Å². The van der Waals surface area contributed by atoms with Gasteiger partial charge in [-0.2, -0.15) is 0 Å². The molecule has 0 radical (unpaired) electrons. The Morgan fingerprint density at radius 1 is 0.625 bits per heavy atom. The van der Waals surface area contributed by atoms with Gasteiger partial charge in [0.05, 0.1) is 21.8 Å². The molecule has 2 aromatic rings. The molecule has 4 aliphatic carbocycles. The van der Waals surface area contributed by atoms with E-state index in [0.29, 0.717) is 34.7 Å². The standard InChI is InChI=1S/C26H16N4O2/c31-25-21(11-9-19-23(25)17-7-3-1-5-15(17)13-27-19)29-30-22-12-10-20-24(26(22)32)18-8-4-2-6-16(18)14-28-20/h1-6,9-14H,7-8H2. The van der Waals surface area contributed by atoms with E-state index in [-0.39, 0.29) is 23.0 Å². The Morgan fingerprint density at radius 2 is 1.09 bits per heavy atom. The van der Waals surface area contributed by atoms with E-state index in [1.54, 1.807) is 36.7 Å². The minimum Gasteiger partial charge on any atom is -0.287 e. The number of azo groups is 1. The molecule has 6 heteroatoms. The van der Waals surface area contributed by atoms with Crippen LogP contribution in [-0.4, -0.2) is 21.5 Å². The number of aromatic nitrogens is 2. The maximum Gasteiger partial charge on any atom is 0.215 e. The monoisotopic (exact) mass is 416 g/mol. The summed E-state index contributed by atoms with van der Waals surface area (Å²) in [7, 11) is 0. The van der Waals surface area contributed by atoms with Gasteiger partial charge in [0.2, 0.25) is 11.6 Å². The fraction of sp³-hybridized carbons (Fsp3) is 0.0769. The molecule has 0 aliphatic heterocycles. The van der Waals surface area contributed by atoms with E-state index in [1.165, 1.54) is 0 Å². The third kappa shape index (κ3) is 2.80. The molecule has 4 aliphatic rings. The molecule has 0 atom stereocenters. The summed E-state index contributed by atoms with van der Waals surface area (Å²) < 4.78 is 0. The number of rotatable bonds is 2. The van der Waals surface area contributed by atoms with Gasteiger partial charge in [-0.1, -0.05) is 36.5 Å². The normalized spacial score (nSPS) is 17.6.